The molecule has 0 saturated carbocycles. The van der Waals surface area contributed by atoms with Crippen LogP contribution in [0, 0.1) is 6.92 Å². The van der Waals surface area contributed by atoms with Gasteiger partial charge in [0.05, 0.1) is 18.3 Å². The third-order valence-electron chi connectivity index (χ3n) is 2.21. The van der Waals surface area contributed by atoms with E-state index in [-0.39, 0.29) is 0 Å². The molecule has 0 saturated heterocycles. The lowest BCUT2D eigenvalue weighted by molar-refractivity contribution is 0.939. The van der Waals surface area contributed by atoms with Crippen LogP contribution in [-0.2, 0) is 6.42 Å². The number of rotatable bonds is 2. The Balaban J connectivity index is 2.24. The summed E-state index contributed by atoms with van der Waals surface area (Å²) in [5, 5.41) is 0. The van der Waals surface area contributed by atoms with E-state index in [1.54, 1.807) is 6.20 Å². The van der Waals surface area contributed by atoms with Crippen LogP contribution >= 0.6 is 0 Å². The van der Waals surface area contributed by atoms with E-state index in [9.17, 15) is 0 Å². The summed E-state index contributed by atoms with van der Waals surface area (Å²) in [6.45, 7) is 2.02. The van der Waals surface area contributed by atoms with Crippen LogP contribution in [0.5, 0.6) is 0 Å². The molecule has 0 aliphatic carbocycles. The fraction of sp³-hybridized carbons (Fsp3) is 0.182. The first-order valence-corrected chi connectivity index (χ1v) is 4.93. The van der Waals surface area contributed by atoms with E-state index in [1.807, 2.05) is 19.1 Å². The van der Waals surface area contributed by atoms with E-state index >= 15 is 0 Å². The third kappa shape index (κ3) is 2.25. The smallest absolute Gasteiger partial charge is 0.150 e. The van der Waals surface area contributed by atoms with Gasteiger partial charge in [0.2, 0.25) is 0 Å². The van der Waals surface area contributed by atoms with Crippen LogP contribution in [0.1, 0.15) is 17.1 Å². The van der Waals surface area contributed by atoms with E-state index in [2.05, 4.69) is 15.0 Å². The molecule has 2 heterocycles. The maximum Gasteiger partial charge on any atom is 0.150 e. The van der Waals surface area contributed by atoms with Crippen molar-refractivity contribution >= 4 is 11.5 Å². The Morgan fingerprint density at radius 2 is 2.06 bits per heavy atom. The molecule has 82 valence electrons. The molecular formula is C11H13N5. The second kappa shape index (κ2) is 4.14. The minimum absolute atomic E-state index is 0.317. The zero-order valence-electron chi connectivity index (χ0n) is 9.01. The number of aryl methyl sites for hydroxylation is 1. The number of nitrogens with two attached hydrogens (primary N) is 2. The number of nitrogens with zero attached hydrogens (tertiary/aromatic N) is 3. The molecule has 0 atom stereocenters. The highest BCUT2D eigenvalue weighted by atomic mass is 15.0. The highest BCUT2D eigenvalue weighted by Gasteiger charge is 2.03. The molecule has 0 radical (unpaired) electrons. The lowest BCUT2D eigenvalue weighted by Gasteiger charge is -2.03. The third-order valence-corrected chi connectivity index (χ3v) is 2.21. The molecule has 0 amide bonds. The molecular weight excluding hydrogens is 202 g/mol. The SMILES string of the molecule is Cc1ccnc(Cc2ncc(N)c(N)n2)c1. The van der Waals surface area contributed by atoms with Crippen molar-refractivity contribution in [3.8, 4) is 0 Å². The van der Waals surface area contributed by atoms with E-state index in [1.165, 1.54) is 6.20 Å². The second-order valence-corrected chi connectivity index (χ2v) is 3.63. The largest absolute Gasteiger partial charge is 0.394 e. The molecule has 0 bridgehead atoms. The maximum atomic E-state index is 5.61. The van der Waals surface area contributed by atoms with Gasteiger partial charge in [-0.2, -0.15) is 0 Å². The average Bonchev–Trinajstić information content (AvgIpc) is 2.24. The van der Waals surface area contributed by atoms with Crippen LogP contribution in [-0.4, -0.2) is 15.0 Å². The predicted octanol–water partition coefficient (Wildman–Crippen LogP) is 0.935. The second-order valence-electron chi connectivity index (χ2n) is 3.63. The zero-order chi connectivity index (χ0) is 11.5. The van der Waals surface area contributed by atoms with Gasteiger partial charge in [-0.25, -0.2) is 9.97 Å². The molecule has 4 N–H and O–H groups in total. The normalized spacial score (nSPS) is 10.3. The van der Waals surface area contributed by atoms with Gasteiger partial charge in [0, 0.05) is 11.9 Å². The summed E-state index contributed by atoms with van der Waals surface area (Å²) in [7, 11) is 0. The van der Waals surface area contributed by atoms with Crippen LogP contribution in [0.2, 0.25) is 0 Å². The van der Waals surface area contributed by atoms with Crippen LogP contribution in [0.25, 0.3) is 0 Å². The van der Waals surface area contributed by atoms with Gasteiger partial charge in [-0.3, -0.25) is 4.98 Å². The molecule has 0 spiro atoms. The molecule has 2 aromatic rings. The standard InChI is InChI=1S/C11H13N5/c1-7-2-3-14-8(4-7)5-10-15-6-9(12)11(13)16-10/h2-4,6H,5,12H2,1H3,(H2,13,15,16). The average molecular weight is 215 g/mol. The number of hydrogen-bond donors (Lipinski definition) is 2. The quantitative estimate of drug-likeness (QED) is 0.777. The maximum absolute atomic E-state index is 5.61. The summed E-state index contributed by atoms with van der Waals surface area (Å²) < 4.78 is 0. The van der Waals surface area contributed by atoms with Gasteiger partial charge in [-0.1, -0.05) is 0 Å². The number of anilines is 2. The fourth-order valence-electron chi connectivity index (χ4n) is 1.39. The Morgan fingerprint density at radius 1 is 1.25 bits per heavy atom. The van der Waals surface area contributed by atoms with Crippen molar-refractivity contribution in [1.29, 1.82) is 0 Å². The van der Waals surface area contributed by atoms with Gasteiger partial charge in [-0.05, 0) is 24.6 Å². The Morgan fingerprint density at radius 3 is 2.75 bits per heavy atom. The minimum Gasteiger partial charge on any atom is -0.394 e. The lowest BCUT2D eigenvalue weighted by atomic mass is 10.2. The zero-order valence-corrected chi connectivity index (χ0v) is 9.01. The summed E-state index contributed by atoms with van der Waals surface area (Å²) in [6.07, 6.45) is 3.85. The van der Waals surface area contributed by atoms with Gasteiger partial charge in [0.25, 0.3) is 0 Å². The molecule has 0 aromatic carbocycles. The van der Waals surface area contributed by atoms with Crippen molar-refractivity contribution in [1.82, 2.24) is 15.0 Å². The van der Waals surface area contributed by atoms with Crippen LogP contribution < -0.4 is 11.5 Å². The summed E-state index contributed by atoms with van der Waals surface area (Å²) >= 11 is 0. The Kier molecular flexibility index (Phi) is 2.68. The lowest BCUT2D eigenvalue weighted by Crippen LogP contribution is -2.04. The van der Waals surface area contributed by atoms with E-state index in [4.69, 9.17) is 11.5 Å². The van der Waals surface area contributed by atoms with Gasteiger partial charge < -0.3 is 11.5 Å². The molecule has 5 heteroatoms. The van der Waals surface area contributed by atoms with E-state index in [0.29, 0.717) is 23.8 Å². The highest BCUT2D eigenvalue weighted by Crippen LogP contribution is 2.11. The van der Waals surface area contributed by atoms with Gasteiger partial charge >= 0.3 is 0 Å². The Hall–Kier alpha value is -2.17. The van der Waals surface area contributed by atoms with Crippen LogP contribution in [0.3, 0.4) is 0 Å². The summed E-state index contributed by atoms with van der Waals surface area (Å²) in [6, 6.07) is 3.94. The van der Waals surface area contributed by atoms with Crippen molar-refractivity contribution in [3.05, 3.63) is 41.6 Å². The van der Waals surface area contributed by atoms with Crippen molar-refractivity contribution in [2.75, 3.05) is 11.5 Å². The van der Waals surface area contributed by atoms with Gasteiger partial charge in [0.1, 0.15) is 11.6 Å². The van der Waals surface area contributed by atoms with Crippen LogP contribution in [0.15, 0.2) is 24.5 Å². The summed E-state index contributed by atoms with van der Waals surface area (Å²) in [4.78, 5) is 12.4. The minimum atomic E-state index is 0.317. The predicted molar refractivity (Wildman–Crippen MR) is 62.6 cm³/mol. The fourth-order valence-corrected chi connectivity index (χ4v) is 1.39. The van der Waals surface area contributed by atoms with Crippen molar-refractivity contribution in [2.24, 2.45) is 0 Å². The monoisotopic (exact) mass is 215 g/mol. The molecule has 2 rings (SSSR count). The number of pyridine rings is 1. The first-order valence-electron chi connectivity index (χ1n) is 4.93. The Bertz CT molecular complexity index is 509. The first kappa shape index (κ1) is 10.4. The van der Waals surface area contributed by atoms with E-state index < -0.39 is 0 Å². The topological polar surface area (TPSA) is 90.7 Å². The molecule has 16 heavy (non-hydrogen) atoms. The van der Waals surface area contributed by atoms with Crippen LogP contribution in [0.4, 0.5) is 11.5 Å². The van der Waals surface area contributed by atoms with Gasteiger partial charge in [0.15, 0.2) is 0 Å². The number of hydrogen-bond acceptors (Lipinski definition) is 5. The molecule has 2 aromatic heterocycles. The summed E-state index contributed by atoms with van der Waals surface area (Å²) in [5.41, 5.74) is 13.6. The molecule has 0 fully saturated rings. The van der Waals surface area contributed by atoms with Crippen molar-refractivity contribution in [2.45, 2.75) is 13.3 Å². The highest BCUT2D eigenvalue weighted by molar-refractivity contribution is 5.55. The molecule has 0 aliphatic heterocycles. The molecule has 0 unspecified atom stereocenters. The van der Waals surface area contributed by atoms with Crippen molar-refractivity contribution < 1.29 is 0 Å². The van der Waals surface area contributed by atoms with E-state index in [0.717, 1.165) is 11.3 Å². The number of aromatic nitrogens is 3. The number of nitrogen functional groups attached to an aromatic ring is 2. The first-order chi connectivity index (χ1) is 7.65. The van der Waals surface area contributed by atoms with Crippen molar-refractivity contribution in [3.63, 3.8) is 0 Å². The van der Waals surface area contributed by atoms with Gasteiger partial charge in [-0.15, -0.1) is 0 Å². The molecule has 5 nitrogen and oxygen atoms in total. The molecule has 0 aliphatic rings. The summed E-state index contributed by atoms with van der Waals surface area (Å²) in [5.74, 6) is 0.947. The Labute approximate surface area is 93.6 Å².